The second-order valence-electron chi connectivity index (χ2n) is 9.36. The normalized spacial score (nSPS) is 37.1. The zero-order valence-corrected chi connectivity index (χ0v) is 17.1. The Hall–Kier alpha value is -3.41. The van der Waals surface area contributed by atoms with E-state index in [2.05, 4.69) is 21.0 Å². The minimum absolute atomic E-state index is 0.0482. The van der Waals surface area contributed by atoms with Gasteiger partial charge in [0.05, 0.1) is 17.9 Å². The van der Waals surface area contributed by atoms with Gasteiger partial charge in [-0.25, -0.2) is 20.9 Å². The summed E-state index contributed by atoms with van der Waals surface area (Å²) in [5.41, 5.74) is 4.91. The number of nitriles is 1. The summed E-state index contributed by atoms with van der Waals surface area (Å²) in [6, 6.07) is 5.40. The molecule has 11 nitrogen and oxygen atoms in total. The van der Waals surface area contributed by atoms with Gasteiger partial charge in [0.1, 0.15) is 36.6 Å². The number of nitrogen functional groups attached to an aromatic ring is 1. The number of ether oxygens (including phenoxy) is 2. The van der Waals surface area contributed by atoms with E-state index in [0.29, 0.717) is 11.2 Å². The highest BCUT2D eigenvalue weighted by atomic mass is 16.7. The Bertz CT molecular complexity index is 1160. The molecule has 4 aliphatic rings. The lowest BCUT2D eigenvalue weighted by Gasteiger charge is -2.61. The monoisotopic (exact) mass is 438 g/mol. The Balaban J connectivity index is 1.24. The van der Waals surface area contributed by atoms with Crippen LogP contribution < -0.4 is 5.73 Å². The molecule has 0 saturated heterocycles. The molecule has 2 bridgehead atoms. The topological polar surface area (TPSA) is 160 Å². The third-order valence-corrected chi connectivity index (χ3v) is 7.29. The molecule has 0 radical (unpaired) electrons. The van der Waals surface area contributed by atoms with E-state index < -0.39 is 29.7 Å². The second kappa shape index (κ2) is 6.79. The van der Waals surface area contributed by atoms with Crippen molar-refractivity contribution >= 4 is 17.5 Å². The van der Waals surface area contributed by atoms with Gasteiger partial charge in [0.15, 0.2) is 5.82 Å². The lowest BCUT2D eigenvalue weighted by Crippen LogP contribution is -2.67. The van der Waals surface area contributed by atoms with E-state index in [9.17, 15) is 20.3 Å². The van der Waals surface area contributed by atoms with E-state index in [0.717, 1.165) is 19.3 Å². The third kappa shape index (κ3) is 2.75. The number of carbonyl (C=O) groups is 1. The minimum Gasteiger partial charge on any atom is -0.434 e. The number of aliphatic hydroxyl groups excluding tert-OH is 2. The number of hydrogen-bond donors (Lipinski definition) is 3. The van der Waals surface area contributed by atoms with Crippen LogP contribution in [0.4, 0.5) is 10.6 Å². The van der Waals surface area contributed by atoms with Crippen LogP contribution in [-0.4, -0.2) is 61.9 Å². The van der Waals surface area contributed by atoms with E-state index in [-0.39, 0.29) is 36.4 Å². The molecule has 0 aliphatic heterocycles. The zero-order valence-electron chi connectivity index (χ0n) is 17.1. The number of nitrogens with two attached hydrogens (primary N) is 1. The van der Waals surface area contributed by atoms with Crippen molar-refractivity contribution in [2.45, 2.75) is 48.8 Å². The highest BCUT2D eigenvalue weighted by molar-refractivity contribution is 5.66. The first kappa shape index (κ1) is 20.5. The van der Waals surface area contributed by atoms with Crippen LogP contribution in [0.2, 0.25) is 0 Å². The van der Waals surface area contributed by atoms with E-state index in [4.69, 9.17) is 21.8 Å². The van der Waals surface area contributed by atoms with Crippen molar-refractivity contribution in [1.82, 2.24) is 14.6 Å². The van der Waals surface area contributed by atoms with Crippen LogP contribution in [0.1, 0.15) is 31.4 Å². The maximum absolute atomic E-state index is 12.1. The van der Waals surface area contributed by atoms with E-state index in [1.165, 1.54) is 10.8 Å². The maximum atomic E-state index is 12.1. The van der Waals surface area contributed by atoms with Crippen molar-refractivity contribution in [2.24, 2.45) is 11.3 Å². The number of aromatic nitrogens is 3. The number of rotatable bonds is 5. The molecular weight excluding hydrogens is 416 g/mol. The molecule has 166 valence electrons. The SMILES string of the molecule is [C-]#[N+]C12CC(COC(=O)OC[C@H]3C[C@@](C#N)(c4ccc5c(N)ncnn45)[C@H](O)[C@@H]3O)(C1)C2. The Morgan fingerprint density at radius 2 is 2.12 bits per heavy atom. The van der Waals surface area contributed by atoms with Gasteiger partial charge in [-0.15, -0.1) is 0 Å². The molecule has 4 aliphatic carbocycles. The van der Waals surface area contributed by atoms with E-state index in [1.54, 1.807) is 12.1 Å². The molecule has 32 heavy (non-hydrogen) atoms. The Morgan fingerprint density at radius 3 is 2.81 bits per heavy atom. The molecule has 4 N–H and O–H groups in total. The molecule has 0 aromatic carbocycles. The summed E-state index contributed by atoms with van der Waals surface area (Å²) in [4.78, 5) is 19.6. The summed E-state index contributed by atoms with van der Waals surface area (Å²) in [5.74, 6) is -0.455. The molecule has 2 heterocycles. The molecule has 2 aromatic heterocycles. The van der Waals surface area contributed by atoms with Crippen molar-refractivity contribution in [1.29, 1.82) is 5.26 Å². The van der Waals surface area contributed by atoms with Crippen molar-refractivity contribution in [3.8, 4) is 6.07 Å². The first-order valence-corrected chi connectivity index (χ1v) is 10.3. The van der Waals surface area contributed by atoms with Crippen LogP contribution in [-0.2, 0) is 14.9 Å². The van der Waals surface area contributed by atoms with Gasteiger partial charge in [-0.3, -0.25) is 0 Å². The van der Waals surface area contributed by atoms with Crippen LogP contribution in [0.15, 0.2) is 18.5 Å². The second-order valence-corrected chi connectivity index (χ2v) is 9.36. The number of anilines is 1. The van der Waals surface area contributed by atoms with Crippen LogP contribution in [0.25, 0.3) is 10.4 Å². The van der Waals surface area contributed by atoms with Crippen LogP contribution in [0, 0.1) is 29.2 Å². The number of fused-ring (bicyclic) bond motifs is 1. The molecule has 11 heteroatoms. The van der Waals surface area contributed by atoms with Gasteiger partial charge in [-0.1, -0.05) is 0 Å². The first-order chi connectivity index (χ1) is 15.3. The molecule has 6 rings (SSSR count). The summed E-state index contributed by atoms with van der Waals surface area (Å²) in [6.45, 7) is 7.16. The molecule has 2 aromatic rings. The average molecular weight is 438 g/mol. The third-order valence-electron chi connectivity index (χ3n) is 7.29. The molecule has 0 spiro atoms. The summed E-state index contributed by atoms with van der Waals surface area (Å²) in [6.07, 6.45) is -0.0439. The van der Waals surface area contributed by atoms with Gasteiger partial charge in [0, 0.05) is 30.6 Å². The van der Waals surface area contributed by atoms with Gasteiger partial charge in [0.2, 0.25) is 5.54 Å². The fourth-order valence-corrected chi connectivity index (χ4v) is 5.72. The van der Waals surface area contributed by atoms with Gasteiger partial charge in [-0.2, -0.15) is 10.4 Å². The van der Waals surface area contributed by atoms with Gasteiger partial charge >= 0.3 is 6.16 Å². The largest absolute Gasteiger partial charge is 0.508 e. The summed E-state index contributed by atoms with van der Waals surface area (Å²) in [7, 11) is 0. The lowest BCUT2D eigenvalue weighted by atomic mass is 9.40. The maximum Gasteiger partial charge on any atom is 0.508 e. The van der Waals surface area contributed by atoms with Crippen molar-refractivity contribution in [2.75, 3.05) is 18.9 Å². The van der Waals surface area contributed by atoms with Gasteiger partial charge in [0.25, 0.3) is 0 Å². The number of carbonyl (C=O) groups excluding carboxylic acids is 1. The number of aliphatic hydroxyl groups is 2. The smallest absolute Gasteiger partial charge is 0.434 e. The highest BCUT2D eigenvalue weighted by Crippen LogP contribution is 2.69. The molecule has 4 saturated carbocycles. The molecule has 0 unspecified atom stereocenters. The molecule has 4 atom stereocenters. The van der Waals surface area contributed by atoms with Crippen molar-refractivity contribution in [3.05, 3.63) is 35.6 Å². The zero-order chi connectivity index (χ0) is 22.7. The number of nitrogens with zero attached hydrogens (tertiary/aromatic N) is 5. The van der Waals surface area contributed by atoms with Gasteiger partial charge < -0.3 is 30.3 Å². The van der Waals surface area contributed by atoms with Crippen LogP contribution in [0.3, 0.4) is 0 Å². The van der Waals surface area contributed by atoms with E-state index in [1.807, 2.05) is 0 Å². The molecule has 0 amide bonds. The Kier molecular flexibility index (Phi) is 4.35. The average Bonchev–Trinajstić information content (AvgIpc) is 3.27. The van der Waals surface area contributed by atoms with Crippen LogP contribution >= 0.6 is 0 Å². The van der Waals surface area contributed by atoms with E-state index >= 15 is 0 Å². The molecular formula is C21H22N6O5. The van der Waals surface area contributed by atoms with Crippen molar-refractivity contribution < 1.29 is 24.5 Å². The molecule has 4 fully saturated rings. The predicted molar refractivity (Wildman–Crippen MR) is 108 cm³/mol. The summed E-state index contributed by atoms with van der Waals surface area (Å²) >= 11 is 0. The number of hydrogen-bond acceptors (Lipinski definition) is 9. The lowest BCUT2D eigenvalue weighted by molar-refractivity contribution is -0.145. The Labute approximate surface area is 183 Å². The standard InChI is InChI=1S/C21H22N6O5/c1-24-20-6-19(7-20,8-20)10-32-18(30)31-5-12-4-21(9-22,16(29)15(12)28)14-3-2-13-17(23)25-11-26-27(13)14/h2-3,11-12,15-16,28-29H,4-8,10H2,(H2,23,25,26)/t12-,15-,16-,19?,20?,21-/m1/s1. The quantitative estimate of drug-likeness (QED) is 0.453. The summed E-state index contributed by atoms with van der Waals surface area (Å²) < 4.78 is 11.8. The minimum atomic E-state index is -1.47. The summed E-state index contributed by atoms with van der Waals surface area (Å²) in [5, 5.41) is 35.5. The first-order valence-electron chi connectivity index (χ1n) is 10.3. The Morgan fingerprint density at radius 1 is 1.38 bits per heavy atom. The fourth-order valence-electron chi connectivity index (χ4n) is 5.72. The highest BCUT2D eigenvalue weighted by Gasteiger charge is 2.75. The van der Waals surface area contributed by atoms with Gasteiger partial charge in [-0.05, 0) is 18.6 Å². The van der Waals surface area contributed by atoms with Crippen molar-refractivity contribution in [3.63, 3.8) is 0 Å². The van der Waals surface area contributed by atoms with Crippen LogP contribution in [0.5, 0.6) is 0 Å². The fraction of sp³-hybridized carbons (Fsp3) is 0.571. The predicted octanol–water partition coefficient (Wildman–Crippen LogP) is 0.810.